The Balaban J connectivity index is 1.98. The van der Waals surface area contributed by atoms with Gasteiger partial charge in [-0.15, -0.1) is 0 Å². The lowest BCUT2D eigenvalue weighted by molar-refractivity contribution is -0.130. The van der Waals surface area contributed by atoms with Crippen molar-refractivity contribution in [1.29, 1.82) is 0 Å². The molecule has 0 spiro atoms. The number of imide groups is 1. The van der Waals surface area contributed by atoms with E-state index in [1.165, 1.54) is 17.7 Å². The summed E-state index contributed by atoms with van der Waals surface area (Å²) in [6.07, 6.45) is 4.75. The fourth-order valence-electron chi connectivity index (χ4n) is 2.77. The van der Waals surface area contributed by atoms with Crippen molar-refractivity contribution in [3.8, 4) is 0 Å². The van der Waals surface area contributed by atoms with Crippen LogP contribution in [0.1, 0.15) is 46.0 Å². The summed E-state index contributed by atoms with van der Waals surface area (Å²) >= 11 is 0. The van der Waals surface area contributed by atoms with Gasteiger partial charge in [-0.05, 0) is 24.7 Å². The van der Waals surface area contributed by atoms with Crippen LogP contribution in [-0.2, 0) is 9.53 Å². The van der Waals surface area contributed by atoms with Crippen LogP contribution in [0.2, 0.25) is 0 Å². The topological polar surface area (TPSA) is 46.6 Å². The second-order valence-electron chi connectivity index (χ2n) is 5.51. The molecule has 17 heavy (non-hydrogen) atoms. The van der Waals surface area contributed by atoms with Gasteiger partial charge >= 0.3 is 6.09 Å². The molecule has 1 aliphatic heterocycles. The van der Waals surface area contributed by atoms with Crippen LogP contribution in [0.3, 0.4) is 0 Å². The second-order valence-corrected chi connectivity index (χ2v) is 5.51. The molecule has 2 amide bonds. The number of carbonyl (C=O) groups excluding carboxylic acids is 2. The maximum atomic E-state index is 12.2. The number of hydrogen-bond donors (Lipinski definition) is 0. The lowest BCUT2D eigenvalue weighted by Crippen LogP contribution is -2.42. The molecule has 1 aliphatic carbocycles. The van der Waals surface area contributed by atoms with Crippen molar-refractivity contribution in [2.45, 2.75) is 52.0 Å². The van der Waals surface area contributed by atoms with Crippen LogP contribution in [0, 0.1) is 11.8 Å². The summed E-state index contributed by atoms with van der Waals surface area (Å²) in [6.45, 7) is 4.39. The number of rotatable bonds is 3. The first kappa shape index (κ1) is 12.4. The molecule has 4 heteroatoms. The zero-order chi connectivity index (χ0) is 12.4. The molecule has 4 nitrogen and oxygen atoms in total. The standard InChI is InChI=1S/C13H21NO3/c1-9(2)11-8-17-13(16)14(11)12(15)7-10-5-3-4-6-10/h9-11H,3-8H2,1-2H3. The van der Waals surface area contributed by atoms with Crippen LogP contribution in [0.4, 0.5) is 4.79 Å². The largest absolute Gasteiger partial charge is 0.447 e. The van der Waals surface area contributed by atoms with Crippen LogP contribution >= 0.6 is 0 Å². The van der Waals surface area contributed by atoms with Gasteiger partial charge in [-0.25, -0.2) is 9.69 Å². The average molecular weight is 239 g/mol. The molecule has 0 aromatic carbocycles. The number of nitrogens with zero attached hydrogens (tertiary/aromatic N) is 1. The first-order valence-corrected chi connectivity index (χ1v) is 6.58. The molecule has 0 aromatic heterocycles. The highest BCUT2D eigenvalue weighted by atomic mass is 16.6. The monoisotopic (exact) mass is 239 g/mol. The summed E-state index contributed by atoms with van der Waals surface area (Å²) in [5.74, 6) is 0.691. The smallest absolute Gasteiger partial charge is 0.416 e. The van der Waals surface area contributed by atoms with Crippen molar-refractivity contribution < 1.29 is 14.3 Å². The predicted octanol–water partition coefficient (Wildman–Crippen LogP) is 2.57. The highest BCUT2D eigenvalue weighted by Crippen LogP contribution is 2.29. The van der Waals surface area contributed by atoms with Crippen molar-refractivity contribution >= 4 is 12.0 Å². The van der Waals surface area contributed by atoms with Gasteiger partial charge in [-0.1, -0.05) is 26.7 Å². The van der Waals surface area contributed by atoms with Gasteiger partial charge in [0.2, 0.25) is 5.91 Å². The first-order valence-electron chi connectivity index (χ1n) is 6.58. The number of cyclic esters (lactones) is 1. The first-order chi connectivity index (χ1) is 8.09. The highest BCUT2D eigenvalue weighted by molar-refractivity contribution is 5.93. The van der Waals surface area contributed by atoms with Gasteiger partial charge in [-0.3, -0.25) is 4.79 Å². The third-order valence-corrected chi connectivity index (χ3v) is 3.88. The summed E-state index contributed by atoms with van der Waals surface area (Å²) in [6, 6.07) is -0.0728. The molecule has 2 aliphatic rings. The van der Waals surface area contributed by atoms with Crippen LogP contribution < -0.4 is 0 Å². The summed E-state index contributed by atoms with van der Waals surface area (Å²) in [7, 11) is 0. The van der Waals surface area contributed by atoms with E-state index < -0.39 is 6.09 Å². The minimum Gasteiger partial charge on any atom is -0.447 e. The maximum Gasteiger partial charge on any atom is 0.416 e. The van der Waals surface area contributed by atoms with E-state index in [1.54, 1.807) is 0 Å². The van der Waals surface area contributed by atoms with Gasteiger partial charge in [0.25, 0.3) is 0 Å². The average Bonchev–Trinajstić information content (AvgIpc) is 2.86. The molecule has 0 aromatic rings. The number of ether oxygens (including phenoxy) is 1. The van der Waals surface area contributed by atoms with E-state index >= 15 is 0 Å². The van der Waals surface area contributed by atoms with Crippen molar-refractivity contribution in [2.75, 3.05) is 6.61 Å². The Bertz CT molecular complexity index is 308. The summed E-state index contributed by atoms with van der Waals surface area (Å²) in [4.78, 5) is 25.1. The number of amides is 2. The minimum absolute atomic E-state index is 0.0434. The Labute approximate surface area is 102 Å². The molecule has 0 bridgehead atoms. The number of hydrogen-bond acceptors (Lipinski definition) is 3. The van der Waals surface area contributed by atoms with Crippen molar-refractivity contribution in [1.82, 2.24) is 4.90 Å². The lowest BCUT2D eigenvalue weighted by atomic mass is 10.0. The van der Waals surface area contributed by atoms with E-state index in [-0.39, 0.29) is 17.9 Å². The Hall–Kier alpha value is -1.06. The Morgan fingerprint density at radius 1 is 1.41 bits per heavy atom. The van der Waals surface area contributed by atoms with Crippen LogP contribution in [0.5, 0.6) is 0 Å². The molecule has 96 valence electrons. The lowest BCUT2D eigenvalue weighted by Gasteiger charge is -2.23. The summed E-state index contributed by atoms with van der Waals surface area (Å²) in [5.41, 5.74) is 0. The van der Waals surface area contributed by atoms with Gasteiger partial charge in [0.05, 0.1) is 6.04 Å². The van der Waals surface area contributed by atoms with Crippen molar-refractivity contribution in [3.63, 3.8) is 0 Å². The molecular weight excluding hydrogens is 218 g/mol. The predicted molar refractivity (Wildman–Crippen MR) is 63.4 cm³/mol. The molecule has 1 unspecified atom stereocenters. The molecule has 1 saturated heterocycles. The van der Waals surface area contributed by atoms with E-state index in [0.717, 1.165) is 12.8 Å². The van der Waals surface area contributed by atoms with E-state index in [1.807, 2.05) is 13.8 Å². The molecule has 1 atom stereocenters. The van der Waals surface area contributed by atoms with Crippen LogP contribution in [0.25, 0.3) is 0 Å². The third kappa shape index (κ3) is 2.61. The van der Waals surface area contributed by atoms with E-state index in [4.69, 9.17) is 4.74 Å². The highest BCUT2D eigenvalue weighted by Gasteiger charge is 2.40. The van der Waals surface area contributed by atoms with E-state index in [0.29, 0.717) is 18.9 Å². The molecule has 0 N–H and O–H groups in total. The van der Waals surface area contributed by atoms with Gasteiger partial charge in [0, 0.05) is 6.42 Å². The number of carbonyl (C=O) groups is 2. The zero-order valence-electron chi connectivity index (χ0n) is 10.6. The SMILES string of the molecule is CC(C)C1COC(=O)N1C(=O)CC1CCCC1. The fourth-order valence-corrected chi connectivity index (χ4v) is 2.77. The third-order valence-electron chi connectivity index (χ3n) is 3.88. The maximum absolute atomic E-state index is 12.2. The Kier molecular flexibility index (Phi) is 3.69. The van der Waals surface area contributed by atoms with Gasteiger partial charge in [0.1, 0.15) is 6.61 Å². The van der Waals surface area contributed by atoms with E-state index in [2.05, 4.69) is 0 Å². The quantitative estimate of drug-likeness (QED) is 0.760. The van der Waals surface area contributed by atoms with Crippen LogP contribution in [-0.4, -0.2) is 29.5 Å². The Morgan fingerprint density at radius 3 is 2.65 bits per heavy atom. The second kappa shape index (κ2) is 5.07. The Morgan fingerprint density at radius 2 is 2.06 bits per heavy atom. The molecule has 0 radical (unpaired) electrons. The van der Waals surface area contributed by atoms with Crippen molar-refractivity contribution in [2.24, 2.45) is 11.8 Å². The molecule has 2 rings (SSSR count). The minimum atomic E-state index is -0.452. The van der Waals surface area contributed by atoms with Gasteiger partial charge in [0.15, 0.2) is 0 Å². The van der Waals surface area contributed by atoms with E-state index in [9.17, 15) is 9.59 Å². The molecule has 1 heterocycles. The van der Waals surface area contributed by atoms with Crippen LogP contribution in [0.15, 0.2) is 0 Å². The summed E-state index contributed by atoms with van der Waals surface area (Å²) < 4.78 is 4.99. The normalized spacial score (nSPS) is 25.7. The molecule has 1 saturated carbocycles. The van der Waals surface area contributed by atoms with Crippen molar-refractivity contribution in [3.05, 3.63) is 0 Å². The van der Waals surface area contributed by atoms with Gasteiger partial charge in [-0.2, -0.15) is 0 Å². The fraction of sp³-hybridized carbons (Fsp3) is 0.846. The zero-order valence-corrected chi connectivity index (χ0v) is 10.6. The van der Waals surface area contributed by atoms with Gasteiger partial charge < -0.3 is 4.74 Å². The summed E-state index contributed by atoms with van der Waals surface area (Å²) in [5, 5.41) is 0. The molecule has 2 fully saturated rings. The molecular formula is C13H21NO3.